The van der Waals surface area contributed by atoms with Crippen LogP contribution in [0.25, 0.3) is 81.0 Å². The molecule has 0 bridgehead atoms. The molecule has 0 saturated carbocycles. The van der Waals surface area contributed by atoms with E-state index in [0.717, 1.165) is 17.1 Å². The average molecular weight is 785 g/mol. The fraction of sp³-hybridized carbons (Fsp3) is 0.0526. The maximum atomic E-state index is 2.46. The molecule has 3 heteroatoms. The van der Waals surface area contributed by atoms with Gasteiger partial charge < -0.3 is 9.47 Å². The highest BCUT2D eigenvalue weighted by Gasteiger charge is 2.36. The van der Waals surface area contributed by atoms with Gasteiger partial charge in [0.15, 0.2) is 0 Å². The van der Waals surface area contributed by atoms with Crippen LogP contribution in [0.15, 0.2) is 206 Å². The first-order valence-corrected chi connectivity index (χ1v) is 21.6. The van der Waals surface area contributed by atoms with Crippen molar-refractivity contribution in [2.24, 2.45) is 0 Å². The molecule has 2 heterocycles. The lowest BCUT2D eigenvalue weighted by Gasteiger charge is -2.29. The van der Waals surface area contributed by atoms with Crippen molar-refractivity contribution in [2.75, 3.05) is 4.90 Å². The highest BCUT2D eigenvalue weighted by atomic mass is 32.1. The zero-order valence-corrected chi connectivity index (χ0v) is 34.2. The summed E-state index contributed by atoms with van der Waals surface area (Å²) in [5.74, 6) is 0. The van der Waals surface area contributed by atoms with Crippen LogP contribution in [-0.4, -0.2) is 4.57 Å². The normalized spacial score (nSPS) is 13.0. The quantitative estimate of drug-likeness (QED) is 0.163. The fourth-order valence-corrected chi connectivity index (χ4v) is 11.1. The molecule has 2 aromatic heterocycles. The Morgan fingerprint density at radius 1 is 0.417 bits per heavy atom. The number of aromatic nitrogens is 1. The van der Waals surface area contributed by atoms with Gasteiger partial charge in [-0.05, 0) is 99.6 Å². The highest BCUT2D eigenvalue weighted by molar-refractivity contribution is 7.26. The van der Waals surface area contributed by atoms with Gasteiger partial charge in [-0.1, -0.05) is 159 Å². The minimum Gasteiger partial charge on any atom is -0.310 e. The topological polar surface area (TPSA) is 8.17 Å². The summed E-state index contributed by atoms with van der Waals surface area (Å²) >= 11 is 1.88. The number of benzene rings is 9. The monoisotopic (exact) mass is 784 g/mol. The van der Waals surface area contributed by atoms with Gasteiger partial charge in [-0.2, -0.15) is 0 Å². The van der Waals surface area contributed by atoms with E-state index in [1.807, 2.05) is 11.3 Å². The number of rotatable bonds is 6. The molecule has 284 valence electrons. The summed E-state index contributed by atoms with van der Waals surface area (Å²) in [6, 6.07) is 76.0. The van der Waals surface area contributed by atoms with Crippen molar-refractivity contribution < 1.29 is 0 Å². The maximum absolute atomic E-state index is 2.46. The molecule has 0 radical (unpaired) electrons. The maximum Gasteiger partial charge on any atom is 0.0640 e. The van der Waals surface area contributed by atoms with Crippen molar-refractivity contribution >= 4 is 70.4 Å². The Morgan fingerprint density at radius 2 is 1.07 bits per heavy atom. The predicted molar refractivity (Wildman–Crippen MR) is 257 cm³/mol. The Morgan fingerprint density at radius 3 is 1.93 bits per heavy atom. The Kier molecular flexibility index (Phi) is 7.79. The minimum absolute atomic E-state index is 0.0925. The molecule has 1 aliphatic carbocycles. The van der Waals surface area contributed by atoms with E-state index in [1.165, 1.54) is 92.2 Å². The second kappa shape index (κ2) is 13.4. The lowest BCUT2D eigenvalue weighted by molar-refractivity contribution is 0.660. The van der Waals surface area contributed by atoms with Gasteiger partial charge in [-0.15, -0.1) is 11.3 Å². The van der Waals surface area contributed by atoms with Gasteiger partial charge in [0.25, 0.3) is 0 Å². The zero-order chi connectivity index (χ0) is 40.0. The van der Waals surface area contributed by atoms with E-state index in [-0.39, 0.29) is 5.41 Å². The second-order valence-electron chi connectivity index (χ2n) is 16.5. The van der Waals surface area contributed by atoms with E-state index in [0.29, 0.717) is 0 Å². The third-order valence-corrected chi connectivity index (χ3v) is 14.0. The van der Waals surface area contributed by atoms with E-state index in [4.69, 9.17) is 0 Å². The van der Waals surface area contributed by atoms with E-state index >= 15 is 0 Å². The van der Waals surface area contributed by atoms with Gasteiger partial charge in [0.1, 0.15) is 0 Å². The van der Waals surface area contributed by atoms with Crippen molar-refractivity contribution in [3.8, 4) is 39.1 Å². The average Bonchev–Trinajstić information content (AvgIpc) is 3.92. The lowest BCUT2D eigenvalue weighted by atomic mass is 9.82. The molecule has 0 aliphatic heterocycles. The molecule has 1 aliphatic rings. The summed E-state index contributed by atoms with van der Waals surface area (Å²) in [7, 11) is 0. The first kappa shape index (κ1) is 34.8. The molecule has 60 heavy (non-hydrogen) atoms. The second-order valence-corrected chi connectivity index (χ2v) is 17.6. The molecule has 12 rings (SSSR count). The summed E-state index contributed by atoms with van der Waals surface area (Å²) in [6.45, 7) is 4.71. The number of thiophene rings is 1. The first-order chi connectivity index (χ1) is 29.5. The van der Waals surface area contributed by atoms with E-state index in [9.17, 15) is 0 Å². The molecule has 0 atom stereocenters. The smallest absolute Gasteiger partial charge is 0.0640 e. The van der Waals surface area contributed by atoms with Gasteiger partial charge in [-0.25, -0.2) is 0 Å². The SMILES string of the molecule is CC1(C)c2ccccc2-c2ccc(N(c3ccccc3)c3ccccc3-c3ccc(-c4ccc5c(c4)c4ccccc4n5-c4cccc5c4sc4ccccc45)cc3)cc21. The van der Waals surface area contributed by atoms with Crippen LogP contribution in [0.2, 0.25) is 0 Å². The van der Waals surface area contributed by atoms with Gasteiger partial charge in [0.2, 0.25) is 0 Å². The van der Waals surface area contributed by atoms with Crippen molar-refractivity contribution in [3.63, 3.8) is 0 Å². The van der Waals surface area contributed by atoms with Crippen molar-refractivity contribution in [2.45, 2.75) is 19.3 Å². The number of fused-ring (bicyclic) bond motifs is 9. The molecule has 0 N–H and O–H groups in total. The third kappa shape index (κ3) is 5.26. The van der Waals surface area contributed by atoms with Gasteiger partial charge in [0.05, 0.1) is 27.1 Å². The molecule has 0 fully saturated rings. The van der Waals surface area contributed by atoms with Crippen molar-refractivity contribution in [1.29, 1.82) is 0 Å². The Bertz CT molecular complexity index is 3460. The summed E-state index contributed by atoms with van der Waals surface area (Å²) in [5.41, 5.74) is 17.2. The summed E-state index contributed by atoms with van der Waals surface area (Å²) in [4.78, 5) is 2.42. The van der Waals surface area contributed by atoms with Gasteiger partial charge >= 0.3 is 0 Å². The van der Waals surface area contributed by atoms with Crippen LogP contribution in [0, 0.1) is 0 Å². The number of nitrogens with zero attached hydrogens (tertiary/aromatic N) is 2. The van der Waals surface area contributed by atoms with Gasteiger partial charge in [0, 0.05) is 48.6 Å². The molecule has 0 saturated heterocycles. The molecule has 2 nitrogen and oxygen atoms in total. The number of hydrogen-bond donors (Lipinski definition) is 0. The molecule has 0 spiro atoms. The van der Waals surface area contributed by atoms with E-state index in [2.05, 4.69) is 230 Å². The van der Waals surface area contributed by atoms with E-state index in [1.54, 1.807) is 0 Å². The van der Waals surface area contributed by atoms with E-state index < -0.39 is 0 Å². The molecule has 0 amide bonds. The number of para-hydroxylation sites is 3. The minimum atomic E-state index is -0.0925. The fourth-order valence-electron chi connectivity index (χ4n) is 9.91. The molecule has 11 aromatic rings. The largest absolute Gasteiger partial charge is 0.310 e. The highest BCUT2D eigenvalue weighted by Crippen LogP contribution is 2.51. The zero-order valence-electron chi connectivity index (χ0n) is 33.4. The van der Waals surface area contributed by atoms with Crippen LogP contribution in [0.4, 0.5) is 17.1 Å². The van der Waals surface area contributed by atoms with Gasteiger partial charge in [-0.3, -0.25) is 0 Å². The molecular weight excluding hydrogens is 745 g/mol. The predicted octanol–water partition coefficient (Wildman–Crippen LogP) is 16.3. The van der Waals surface area contributed by atoms with Crippen molar-refractivity contribution in [1.82, 2.24) is 4.57 Å². The molecule has 0 unspecified atom stereocenters. The van der Waals surface area contributed by atoms with Crippen LogP contribution in [0.3, 0.4) is 0 Å². The number of anilines is 3. The van der Waals surface area contributed by atoms with Crippen molar-refractivity contribution in [3.05, 3.63) is 217 Å². The standard InChI is InChI=1S/C57H40N2S/c1-57(2)49-22-10-6-18-43(49)44-33-32-41(36-50(44)57)58(40-15-4-3-5-16-40)51-23-11-7-17-42(51)38-29-27-37(28-30-38)39-31-34-53-48(35-39)45-19-8-12-24-52(45)59(53)54-25-14-21-47-46-20-9-13-26-55(46)60-56(47)54/h3-36H,1-2H3. The van der Waals surface area contributed by atoms with Crippen LogP contribution in [0.5, 0.6) is 0 Å². The van der Waals surface area contributed by atoms with Crippen LogP contribution in [-0.2, 0) is 5.41 Å². The van der Waals surface area contributed by atoms with Crippen LogP contribution < -0.4 is 4.90 Å². The summed E-state index contributed by atoms with van der Waals surface area (Å²) in [6.07, 6.45) is 0. The lowest BCUT2D eigenvalue weighted by Crippen LogP contribution is -2.16. The Labute approximate surface area is 353 Å². The van der Waals surface area contributed by atoms with Crippen LogP contribution >= 0.6 is 11.3 Å². The van der Waals surface area contributed by atoms with Crippen LogP contribution in [0.1, 0.15) is 25.0 Å². The first-order valence-electron chi connectivity index (χ1n) is 20.8. The third-order valence-electron chi connectivity index (χ3n) is 12.8. The Balaban J connectivity index is 0.945. The number of hydrogen-bond acceptors (Lipinski definition) is 2. The Hall–Kier alpha value is -7.20. The summed E-state index contributed by atoms with van der Waals surface area (Å²) in [5, 5.41) is 5.15. The summed E-state index contributed by atoms with van der Waals surface area (Å²) < 4.78 is 5.10. The molecular formula is C57H40N2S. The molecule has 9 aromatic carbocycles.